The quantitative estimate of drug-likeness (QED) is 0.549. The van der Waals surface area contributed by atoms with E-state index in [1.54, 1.807) is 0 Å². The number of hydrogen-bond donors (Lipinski definition) is 1. The van der Waals surface area contributed by atoms with Crippen molar-refractivity contribution in [2.45, 2.75) is 65.6 Å². The first-order chi connectivity index (χ1) is 13.9. The summed E-state index contributed by atoms with van der Waals surface area (Å²) in [6.45, 7) is 13.2. The number of benzene rings is 1. The van der Waals surface area contributed by atoms with Crippen molar-refractivity contribution in [3.8, 4) is 0 Å². The topological polar surface area (TPSA) is 48.0 Å². The zero-order chi connectivity index (χ0) is 20.9. The second-order valence-corrected chi connectivity index (χ2v) is 9.77. The van der Waals surface area contributed by atoms with E-state index in [1.165, 1.54) is 15.3 Å². The first-order valence-electron chi connectivity index (χ1n) is 10.6. The first kappa shape index (κ1) is 21.7. The molecule has 0 bridgehead atoms. The normalized spacial score (nSPS) is 14.3. The van der Waals surface area contributed by atoms with Gasteiger partial charge >= 0.3 is 0 Å². The van der Waals surface area contributed by atoms with Crippen LogP contribution >= 0.6 is 11.3 Å². The molecule has 0 aliphatic carbocycles. The fourth-order valence-electron chi connectivity index (χ4n) is 3.86. The number of quaternary nitrogens is 1. The van der Waals surface area contributed by atoms with E-state index < -0.39 is 0 Å². The van der Waals surface area contributed by atoms with E-state index >= 15 is 0 Å². The maximum atomic E-state index is 4.54. The summed E-state index contributed by atoms with van der Waals surface area (Å²) in [5.41, 5.74) is 1.28. The molecule has 5 nitrogen and oxygen atoms in total. The van der Waals surface area contributed by atoms with Crippen molar-refractivity contribution >= 4 is 11.3 Å². The van der Waals surface area contributed by atoms with E-state index in [1.807, 2.05) is 11.3 Å². The van der Waals surface area contributed by atoms with Gasteiger partial charge in [-0.15, -0.1) is 16.4 Å². The molecule has 1 N–H and O–H groups in total. The Morgan fingerprint density at radius 2 is 1.86 bits per heavy atom. The molecule has 1 aromatic carbocycles. The Kier molecular flexibility index (Phi) is 7.19. The largest absolute Gasteiger partial charge is 0.321 e. The molecule has 156 valence electrons. The standard InChI is InChI=1S/C23H33N5S/c1-6-23(4,5)28-22(24-25-26-28)21(18(2)3)27(17-20-13-10-16-29-20)15-14-19-11-8-7-9-12-19/h7-13,16,18,21H,6,14-15,17H2,1-5H3/p+1/t21-/m0/s1. The van der Waals surface area contributed by atoms with Crippen molar-refractivity contribution < 1.29 is 4.90 Å². The molecule has 0 amide bonds. The van der Waals surface area contributed by atoms with Gasteiger partial charge in [-0.3, -0.25) is 0 Å². The number of rotatable bonds is 10. The number of aromatic nitrogens is 4. The molecule has 0 saturated carbocycles. The van der Waals surface area contributed by atoms with E-state index in [4.69, 9.17) is 0 Å². The lowest BCUT2D eigenvalue weighted by molar-refractivity contribution is -0.949. The van der Waals surface area contributed by atoms with Gasteiger partial charge < -0.3 is 4.90 Å². The van der Waals surface area contributed by atoms with Gasteiger partial charge in [0.15, 0.2) is 6.04 Å². The Morgan fingerprint density at radius 3 is 2.48 bits per heavy atom. The van der Waals surface area contributed by atoms with Gasteiger partial charge in [-0.05, 0) is 47.7 Å². The molecule has 0 radical (unpaired) electrons. The minimum Gasteiger partial charge on any atom is -0.321 e. The van der Waals surface area contributed by atoms with Gasteiger partial charge in [-0.25, -0.2) is 4.68 Å². The number of nitrogens with one attached hydrogen (secondary N) is 1. The molecular weight excluding hydrogens is 378 g/mol. The van der Waals surface area contributed by atoms with E-state index in [0.717, 1.165) is 31.8 Å². The lowest BCUT2D eigenvalue weighted by Crippen LogP contribution is -3.12. The number of thiophene rings is 1. The average molecular weight is 413 g/mol. The molecule has 3 aromatic rings. The highest BCUT2D eigenvalue weighted by Crippen LogP contribution is 2.25. The highest BCUT2D eigenvalue weighted by Gasteiger charge is 2.36. The molecule has 2 aromatic heterocycles. The van der Waals surface area contributed by atoms with Gasteiger partial charge in [0.2, 0.25) is 5.82 Å². The van der Waals surface area contributed by atoms with Crippen molar-refractivity contribution in [2.24, 2.45) is 5.92 Å². The highest BCUT2D eigenvalue weighted by molar-refractivity contribution is 7.09. The van der Waals surface area contributed by atoms with Crippen LogP contribution in [0, 0.1) is 5.92 Å². The van der Waals surface area contributed by atoms with Gasteiger partial charge in [0.05, 0.1) is 17.0 Å². The average Bonchev–Trinajstić information content (AvgIpc) is 3.39. The zero-order valence-corrected chi connectivity index (χ0v) is 19.1. The molecule has 0 fully saturated rings. The molecule has 3 rings (SSSR count). The molecule has 1 unspecified atom stereocenters. The lowest BCUT2D eigenvalue weighted by atomic mass is 9.97. The second kappa shape index (κ2) is 9.63. The Hall–Kier alpha value is -2.05. The minimum atomic E-state index is -0.0978. The van der Waals surface area contributed by atoms with Crippen LogP contribution < -0.4 is 4.90 Å². The van der Waals surface area contributed by atoms with Crippen LogP contribution in [0.3, 0.4) is 0 Å². The summed E-state index contributed by atoms with van der Waals surface area (Å²) in [4.78, 5) is 2.93. The van der Waals surface area contributed by atoms with Crippen LogP contribution in [-0.2, 0) is 18.5 Å². The third-order valence-electron chi connectivity index (χ3n) is 5.88. The van der Waals surface area contributed by atoms with Crippen molar-refractivity contribution in [1.29, 1.82) is 0 Å². The summed E-state index contributed by atoms with van der Waals surface area (Å²) < 4.78 is 2.06. The number of hydrogen-bond acceptors (Lipinski definition) is 4. The van der Waals surface area contributed by atoms with E-state index in [0.29, 0.717) is 5.92 Å². The third-order valence-corrected chi connectivity index (χ3v) is 6.75. The molecule has 2 heterocycles. The molecule has 0 spiro atoms. The van der Waals surface area contributed by atoms with Gasteiger partial charge in [-0.1, -0.05) is 57.2 Å². The molecule has 0 saturated heterocycles. The highest BCUT2D eigenvalue weighted by atomic mass is 32.1. The Bertz CT molecular complexity index is 855. The Balaban J connectivity index is 1.93. The monoisotopic (exact) mass is 412 g/mol. The van der Waals surface area contributed by atoms with Crippen molar-refractivity contribution in [3.05, 3.63) is 64.1 Å². The summed E-state index contributed by atoms with van der Waals surface area (Å²) >= 11 is 1.83. The smallest absolute Gasteiger partial charge is 0.210 e. The van der Waals surface area contributed by atoms with Gasteiger partial charge in [0.25, 0.3) is 0 Å². The number of nitrogens with zero attached hydrogens (tertiary/aromatic N) is 4. The Labute approximate surface area is 178 Å². The van der Waals surface area contributed by atoms with Crippen LogP contribution in [0.1, 0.15) is 63.3 Å². The maximum Gasteiger partial charge on any atom is 0.210 e. The Morgan fingerprint density at radius 1 is 1.10 bits per heavy atom. The zero-order valence-electron chi connectivity index (χ0n) is 18.3. The summed E-state index contributed by atoms with van der Waals surface area (Å²) in [5, 5.41) is 15.2. The fourth-order valence-corrected chi connectivity index (χ4v) is 4.62. The first-order valence-corrected chi connectivity index (χ1v) is 11.5. The minimum absolute atomic E-state index is 0.0978. The van der Waals surface area contributed by atoms with E-state index in [9.17, 15) is 0 Å². The maximum absolute atomic E-state index is 4.54. The summed E-state index contributed by atoms with van der Waals surface area (Å²) in [6, 6.07) is 15.4. The molecule has 29 heavy (non-hydrogen) atoms. The molecule has 0 aliphatic heterocycles. The van der Waals surface area contributed by atoms with Crippen LogP contribution in [0.5, 0.6) is 0 Å². The van der Waals surface area contributed by atoms with Crippen LogP contribution in [0.15, 0.2) is 47.8 Å². The van der Waals surface area contributed by atoms with Crippen molar-refractivity contribution in [2.75, 3.05) is 6.54 Å². The third kappa shape index (κ3) is 5.31. The van der Waals surface area contributed by atoms with Crippen molar-refractivity contribution in [3.63, 3.8) is 0 Å². The van der Waals surface area contributed by atoms with E-state index in [2.05, 4.69) is 103 Å². The van der Waals surface area contributed by atoms with Crippen LogP contribution in [0.25, 0.3) is 0 Å². The molecule has 6 heteroatoms. The van der Waals surface area contributed by atoms with Gasteiger partial charge in [-0.2, -0.15) is 0 Å². The lowest BCUT2D eigenvalue weighted by Gasteiger charge is -2.33. The summed E-state index contributed by atoms with van der Waals surface area (Å²) in [7, 11) is 0. The molecule has 2 atom stereocenters. The fraction of sp³-hybridized carbons (Fsp3) is 0.522. The SMILES string of the molecule is CCC(C)(C)n1nnnc1[C@H](C(C)C)[NH+](CCc1ccccc1)Cc1cccs1. The number of tetrazole rings is 1. The summed E-state index contributed by atoms with van der Waals surface area (Å²) in [5.74, 6) is 1.43. The molecule has 0 aliphatic rings. The van der Waals surface area contributed by atoms with E-state index in [-0.39, 0.29) is 11.6 Å². The van der Waals surface area contributed by atoms with Crippen molar-refractivity contribution in [1.82, 2.24) is 20.2 Å². The van der Waals surface area contributed by atoms with Gasteiger partial charge in [0.1, 0.15) is 6.54 Å². The second-order valence-electron chi connectivity index (χ2n) is 8.74. The summed E-state index contributed by atoms with van der Waals surface area (Å²) in [6.07, 6.45) is 2.03. The van der Waals surface area contributed by atoms with Crippen LogP contribution in [0.4, 0.5) is 0 Å². The van der Waals surface area contributed by atoms with Gasteiger partial charge in [0, 0.05) is 12.3 Å². The molecular formula is C23H34N5S+. The predicted molar refractivity (Wildman–Crippen MR) is 119 cm³/mol. The van der Waals surface area contributed by atoms with Crippen LogP contribution in [0.2, 0.25) is 0 Å². The predicted octanol–water partition coefficient (Wildman–Crippen LogP) is 3.90. The van der Waals surface area contributed by atoms with Crippen LogP contribution in [-0.4, -0.2) is 26.8 Å².